The standard InChI is InChI=1S/C11H15N3O3/c1-17-11(16)9-3-2-6-14(9)10(15)7-8-4-5-12-13-8/h4-5,9H,2-3,6-7H2,1H3,(H,12,13). The molecule has 1 aliphatic heterocycles. The molecule has 0 spiro atoms. The van der Waals surface area contributed by atoms with Gasteiger partial charge < -0.3 is 9.64 Å². The quantitative estimate of drug-likeness (QED) is 0.757. The summed E-state index contributed by atoms with van der Waals surface area (Å²) < 4.78 is 4.70. The maximum Gasteiger partial charge on any atom is 0.328 e. The number of H-pyrrole nitrogens is 1. The third-order valence-electron chi connectivity index (χ3n) is 2.95. The van der Waals surface area contributed by atoms with Crippen LogP contribution in [-0.2, 0) is 20.7 Å². The zero-order valence-corrected chi connectivity index (χ0v) is 9.68. The van der Waals surface area contributed by atoms with Crippen LogP contribution in [0.4, 0.5) is 0 Å². The number of hydrogen-bond donors (Lipinski definition) is 1. The Morgan fingerprint density at radius 3 is 3.12 bits per heavy atom. The largest absolute Gasteiger partial charge is 0.467 e. The van der Waals surface area contributed by atoms with E-state index in [4.69, 9.17) is 4.74 Å². The highest BCUT2D eigenvalue weighted by Crippen LogP contribution is 2.19. The molecule has 0 aromatic carbocycles. The minimum Gasteiger partial charge on any atom is -0.467 e. The topological polar surface area (TPSA) is 75.3 Å². The van der Waals surface area contributed by atoms with Gasteiger partial charge >= 0.3 is 5.97 Å². The molecule has 6 nitrogen and oxygen atoms in total. The normalized spacial score (nSPS) is 19.4. The van der Waals surface area contributed by atoms with Gasteiger partial charge in [-0.3, -0.25) is 9.89 Å². The minimum atomic E-state index is -0.421. The van der Waals surface area contributed by atoms with Crippen molar-refractivity contribution in [1.29, 1.82) is 0 Å². The second-order valence-electron chi connectivity index (χ2n) is 4.03. The number of nitrogens with zero attached hydrogens (tertiary/aromatic N) is 2. The number of carbonyl (C=O) groups is 2. The molecule has 1 unspecified atom stereocenters. The summed E-state index contributed by atoms with van der Waals surface area (Å²) in [6.45, 7) is 0.618. The number of methoxy groups -OCH3 is 1. The first-order valence-electron chi connectivity index (χ1n) is 5.58. The van der Waals surface area contributed by atoms with Crippen LogP contribution in [0, 0.1) is 0 Å². The van der Waals surface area contributed by atoms with Crippen LogP contribution in [0.2, 0.25) is 0 Å². The molecule has 2 heterocycles. The van der Waals surface area contributed by atoms with Gasteiger partial charge in [-0.2, -0.15) is 5.10 Å². The summed E-state index contributed by atoms with van der Waals surface area (Å²) in [7, 11) is 1.35. The van der Waals surface area contributed by atoms with Crippen molar-refractivity contribution in [3.63, 3.8) is 0 Å². The summed E-state index contributed by atoms with van der Waals surface area (Å²) in [5, 5.41) is 6.52. The monoisotopic (exact) mass is 237 g/mol. The molecule has 6 heteroatoms. The van der Waals surface area contributed by atoms with Gasteiger partial charge in [-0.15, -0.1) is 0 Å². The third-order valence-corrected chi connectivity index (χ3v) is 2.95. The molecule has 1 saturated heterocycles. The van der Waals surface area contributed by atoms with Crippen LogP contribution < -0.4 is 0 Å². The van der Waals surface area contributed by atoms with Crippen molar-refractivity contribution in [2.24, 2.45) is 0 Å². The highest BCUT2D eigenvalue weighted by atomic mass is 16.5. The molecule has 1 aromatic heterocycles. The number of likely N-dealkylation sites (tertiary alicyclic amines) is 1. The Balaban J connectivity index is 2.01. The van der Waals surface area contributed by atoms with Crippen LogP contribution in [0.15, 0.2) is 12.3 Å². The molecular formula is C11H15N3O3. The summed E-state index contributed by atoms with van der Waals surface area (Å²) in [6.07, 6.45) is 3.37. The molecule has 2 rings (SSSR count). The molecule has 1 atom stereocenters. The Labute approximate surface area is 98.9 Å². The Bertz CT molecular complexity index is 402. The van der Waals surface area contributed by atoms with Crippen LogP contribution >= 0.6 is 0 Å². The number of hydrogen-bond acceptors (Lipinski definition) is 4. The van der Waals surface area contributed by atoms with Crippen molar-refractivity contribution in [1.82, 2.24) is 15.1 Å². The molecule has 0 bridgehead atoms. The minimum absolute atomic E-state index is 0.0675. The first kappa shape index (κ1) is 11.6. The smallest absolute Gasteiger partial charge is 0.328 e. The van der Waals surface area contributed by atoms with Crippen molar-refractivity contribution < 1.29 is 14.3 Å². The molecular weight excluding hydrogens is 222 g/mol. The van der Waals surface area contributed by atoms with E-state index in [0.717, 1.165) is 12.1 Å². The second-order valence-corrected chi connectivity index (χ2v) is 4.03. The number of aromatic amines is 1. The van der Waals surface area contributed by atoms with Crippen LogP contribution in [0.1, 0.15) is 18.5 Å². The predicted molar refractivity (Wildman–Crippen MR) is 59.0 cm³/mol. The molecule has 92 valence electrons. The number of ether oxygens (including phenoxy) is 1. The first-order chi connectivity index (χ1) is 8.22. The van der Waals surface area contributed by atoms with Crippen molar-refractivity contribution in [3.05, 3.63) is 18.0 Å². The molecule has 0 radical (unpaired) electrons. The number of rotatable bonds is 3. The van der Waals surface area contributed by atoms with E-state index in [-0.39, 0.29) is 18.3 Å². The van der Waals surface area contributed by atoms with Gasteiger partial charge in [0.15, 0.2) is 0 Å². The maximum atomic E-state index is 12.0. The van der Waals surface area contributed by atoms with Gasteiger partial charge in [-0.05, 0) is 18.9 Å². The molecule has 1 aromatic rings. The van der Waals surface area contributed by atoms with Crippen molar-refractivity contribution in [3.8, 4) is 0 Å². The lowest BCUT2D eigenvalue weighted by Gasteiger charge is -2.22. The van der Waals surface area contributed by atoms with E-state index in [1.54, 1.807) is 17.2 Å². The van der Waals surface area contributed by atoms with Gasteiger partial charge in [0.25, 0.3) is 0 Å². The lowest BCUT2D eigenvalue weighted by atomic mass is 10.2. The highest BCUT2D eigenvalue weighted by molar-refractivity contribution is 5.86. The Hall–Kier alpha value is -1.85. The average molecular weight is 237 g/mol. The van der Waals surface area contributed by atoms with Gasteiger partial charge in [0.2, 0.25) is 5.91 Å². The van der Waals surface area contributed by atoms with Crippen LogP contribution in [0.25, 0.3) is 0 Å². The maximum absolute atomic E-state index is 12.0. The van der Waals surface area contributed by atoms with E-state index in [1.807, 2.05) is 0 Å². The van der Waals surface area contributed by atoms with Crippen LogP contribution in [0.5, 0.6) is 0 Å². The Morgan fingerprint density at radius 1 is 1.65 bits per heavy atom. The van der Waals surface area contributed by atoms with Crippen LogP contribution in [0.3, 0.4) is 0 Å². The number of aromatic nitrogens is 2. The fourth-order valence-corrected chi connectivity index (χ4v) is 2.09. The molecule has 17 heavy (non-hydrogen) atoms. The molecule has 0 saturated carbocycles. The zero-order chi connectivity index (χ0) is 12.3. The van der Waals surface area contributed by atoms with E-state index in [9.17, 15) is 9.59 Å². The van der Waals surface area contributed by atoms with Gasteiger partial charge in [-0.1, -0.05) is 0 Å². The van der Waals surface area contributed by atoms with Gasteiger partial charge in [0.1, 0.15) is 6.04 Å². The highest BCUT2D eigenvalue weighted by Gasteiger charge is 2.34. The van der Waals surface area contributed by atoms with E-state index in [2.05, 4.69) is 10.2 Å². The third kappa shape index (κ3) is 2.46. The van der Waals surface area contributed by atoms with E-state index in [1.165, 1.54) is 7.11 Å². The Kier molecular flexibility index (Phi) is 3.41. The first-order valence-corrected chi connectivity index (χ1v) is 5.58. The van der Waals surface area contributed by atoms with Gasteiger partial charge in [0, 0.05) is 18.4 Å². The number of amides is 1. The van der Waals surface area contributed by atoms with E-state index in [0.29, 0.717) is 13.0 Å². The average Bonchev–Trinajstić information content (AvgIpc) is 2.97. The fraction of sp³-hybridized carbons (Fsp3) is 0.545. The van der Waals surface area contributed by atoms with Crippen molar-refractivity contribution in [2.45, 2.75) is 25.3 Å². The summed E-state index contributed by atoms with van der Waals surface area (Å²) in [6, 6.07) is 1.33. The summed E-state index contributed by atoms with van der Waals surface area (Å²) in [5.41, 5.74) is 0.755. The predicted octanol–water partition coefficient (Wildman–Crippen LogP) is 0.116. The molecule has 1 amide bonds. The van der Waals surface area contributed by atoms with Crippen LogP contribution in [-0.4, -0.2) is 46.7 Å². The summed E-state index contributed by atoms with van der Waals surface area (Å²) in [4.78, 5) is 25.1. The Morgan fingerprint density at radius 2 is 2.47 bits per heavy atom. The number of esters is 1. The van der Waals surface area contributed by atoms with E-state index < -0.39 is 6.04 Å². The number of nitrogens with one attached hydrogen (secondary N) is 1. The van der Waals surface area contributed by atoms with Gasteiger partial charge in [0.05, 0.1) is 13.5 Å². The van der Waals surface area contributed by atoms with Crippen molar-refractivity contribution >= 4 is 11.9 Å². The van der Waals surface area contributed by atoms with Gasteiger partial charge in [-0.25, -0.2) is 4.79 Å². The van der Waals surface area contributed by atoms with Crippen molar-refractivity contribution in [2.75, 3.05) is 13.7 Å². The lowest BCUT2D eigenvalue weighted by Crippen LogP contribution is -2.41. The molecule has 1 aliphatic rings. The number of carbonyl (C=O) groups excluding carboxylic acids is 2. The molecule has 0 aliphatic carbocycles. The molecule has 1 N–H and O–H groups in total. The summed E-state index contributed by atoms with van der Waals surface area (Å²) in [5.74, 6) is -0.400. The second kappa shape index (κ2) is 4.99. The SMILES string of the molecule is COC(=O)C1CCCN1C(=O)Cc1ccn[nH]1. The summed E-state index contributed by atoms with van der Waals surface area (Å²) >= 11 is 0. The molecule has 1 fully saturated rings. The zero-order valence-electron chi connectivity index (χ0n) is 9.68. The lowest BCUT2D eigenvalue weighted by molar-refractivity contribution is -0.150. The fourth-order valence-electron chi connectivity index (χ4n) is 2.09. The van der Waals surface area contributed by atoms with E-state index >= 15 is 0 Å².